The number of rotatable bonds is 4. The van der Waals surface area contributed by atoms with Gasteiger partial charge in [0.1, 0.15) is 5.82 Å². The minimum absolute atomic E-state index is 0.0928. The summed E-state index contributed by atoms with van der Waals surface area (Å²) in [5, 5.41) is 11.4. The van der Waals surface area contributed by atoms with E-state index < -0.39 is 37.8 Å². The molecule has 31 heavy (non-hydrogen) atoms. The van der Waals surface area contributed by atoms with Gasteiger partial charge in [-0.05, 0) is 30.3 Å². The lowest BCUT2D eigenvalue weighted by Crippen LogP contribution is -2.36. The fourth-order valence-electron chi connectivity index (χ4n) is 3.08. The molecule has 9 nitrogen and oxygen atoms in total. The van der Waals surface area contributed by atoms with Crippen LogP contribution in [0.2, 0.25) is 0 Å². The van der Waals surface area contributed by atoms with E-state index in [0.717, 1.165) is 23.5 Å². The number of aryl methyl sites for hydroxylation is 1. The van der Waals surface area contributed by atoms with Crippen LogP contribution in [0.3, 0.4) is 0 Å². The molecule has 4 aromatic rings. The second kappa shape index (κ2) is 8.11. The molecule has 1 fully saturated rings. The highest BCUT2D eigenvalue weighted by Crippen LogP contribution is 2.24. The molecule has 5 rings (SSSR count). The summed E-state index contributed by atoms with van der Waals surface area (Å²) in [5.74, 6) is -1.12. The predicted molar refractivity (Wildman–Crippen MR) is 117 cm³/mol. The van der Waals surface area contributed by atoms with Gasteiger partial charge in [-0.3, -0.25) is 4.79 Å². The summed E-state index contributed by atoms with van der Waals surface area (Å²) in [7, 11) is 1.86. The third kappa shape index (κ3) is 3.95. The molecular weight excluding hydrogens is 394 g/mol. The van der Waals surface area contributed by atoms with Crippen molar-refractivity contribution >= 4 is 28.4 Å². The molecule has 1 saturated heterocycles. The van der Waals surface area contributed by atoms with Crippen molar-refractivity contribution in [2.75, 3.05) is 36.3 Å². The SMILES string of the molecule is [2H]C1([2H])OC([2H])([2H])C([2H])([2H])N(c2cc(C(=O)Nc3cc4cc(-c5cncn5C)ccc4nn3)ccn2)C1([2H])[2H]. The first kappa shape index (κ1) is 12.1. The Morgan fingerprint density at radius 2 is 2.03 bits per heavy atom. The van der Waals surface area contributed by atoms with Gasteiger partial charge in [0, 0.05) is 42.8 Å². The van der Waals surface area contributed by atoms with Gasteiger partial charge >= 0.3 is 0 Å². The summed E-state index contributed by atoms with van der Waals surface area (Å²) in [6, 6.07) is 9.45. The highest BCUT2D eigenvalue weighted by Gasteiger charge is 2.15. The Morgan fingerprint density at radius 1 is 1.16 bits per heavy atom. The van der Waals surface area contributed by atoms with Gasteiger partial charge in [0.15, 0.2) is 5.82 Å². The molecule has 0 aliphatic carbocycles. The fourth-order valence-corrected chi connectivity index (χ4v) is 3.08. The van der Waals surface area contributed by atoms with Crippen molar-refractivity contribution in [2.24, 2.45) is 7.05 Å². The molecule has 1 amide bonds. The molecule has 9 heteroatoms. The maximum Gasteiger partial charge on any atom is 0.257 e. The second-order valence-electron chi connectivity index (χ2n) is 6.62. The molecule has 4 heterocycles. The number of morpholine rings is 1. The van der Waals surface area contributed by atoms with Crippen LogP contribution in [-0.2, 0) is 11.8 Å². The number of hydrogen-bond donors (Lipinski definition) is 1. The lowest BCUT2D eigenvalue weighted by Gasteiger charge is -2.27. The van der Waals surface area contributed by atoms with Crippen LogP contribution in [0.5, 0.6) is 0 Å². The van der Waals surface area contributed by atoms with E-state index in [2.05, 4.69) is 30.2 Å². The van der Waals surface area contributed by atoms with Gasteiger partial charge in [-0.15, -0.1) is 10.2 Å². The zero-order chi connectivity index (χ0) is 28.4. The van der Waals surface area contributed by atoms with Crippen LogP contribution in [0.4, 0.5) is 11.6 Å². The first-order chi connectivity index (χ1) is 18.1. The Hall–Kier alpha value is -3.85. The number of amides is 1. The van der Waals surface area contributed by atoms with E-state index in [0.29, 0.717) is 10.9 Å². The largest absolute Gasteiger partial charge is 0.378 e. The summed E-state index contributed by atoms with van der Waals surface area (Å²) in [5.41, 5.74) is 2.25. The molecule has 1 N–H and O–H groups in total. The van der Waals surface area contributed by atoms with E-state index in [9.17, 15) is 4.79 Å². The highest BCUT2D eigenvalue weighted by atomic mass is 16.5. The topological polar surface area (TPSA) is 98.1 Å². The molecule has 0 radical (unpaired) electrons. The van der Waals surface area contributed by atoms with Crippen LogP contribution in [-0.4, -0.2) is 56.8 Å². The van der Waals surface area contributed by atoms with Crippen LogP contribution < -0.4 is 10.2 Å². The number of carbonyl (C=O) groups excluding carboxylic acids is 1. The predicted octanol–water partition coefficient (Wildman–Crippen LogP) is 2.51. The summed E-state index contributed by atoms with van der Waals surface area (Å²) < 4.78 is 70.6. The Balaban J connectivity index is 1.46. The Kier molecular flexibility index (Phi) is 3.17. The van der Waals surface area contributed by atoms with Gasteiger partial charge < -0.3 is 19.5 Å². The van der Waals surface area contributed by atoms with Crippen LogP contribution in [0.15, 0.2) is 55.1 Å². The maximum absolute atomic E-state index is 13.1. The first-order valence-corrected chi connectivity index (χ1v) is 9.16. The molecular formula is C22H21N7O2. The highest BCUT2D eigenvalue weighted by molar-refractivity contribution is 6.04. The second-order valence-corrected chi connectivity index (χ2v) is 6.62. The lowest BCUT2D eigenvalue weighted by molar-refractivity contribution is 0.102. The zero-order valence-corrected chi connectivity index (χ0v) is 16.2. The molecule has 0 saturated carbocycles. The lowest BCUT2D eigenvalue weighted by atomic mass is 10.1. The van der Waals surface area contributed by atoms with Crippen molar-refractivity contribution in [3.63, 3.8) is 0 Å². The average Bonchev–Trinajstić information content (AvgIpc) is 3.28. The summed E-state index contributed by atoms with van der Waals surface area (Å²) in [6.45, 7) is -12.9. The number of nitrogens with zero attached hydrogens (tertiary/aromatic N) is 6. The minimum atomic E-state index is -3.25. The van der Waals surface area contributed by atoms with E-state index in [1.54, 1.807) is 24.7 Å². The van der Waals surface area contributed by atoms with Gasteiger partial charge in [0.25, 0.3) is 5.91 Å². The number of fused-ring (bicyclic) bond motifs is 1. The standard InChI is InChI=1S/C22H21N7O2/c1-28-14-23-13-19(28)15-2-3-18-17(10-15)11-20(27-26-18)25-22(30)16-4-5-24-21(12-16)29-6-8-31-9-7-29/h2-5,10-14H,6-9H2,1H3,(H,25,27,30)/i6D2,7D2,8D2,9D2. The molecule has 156 valence electrons. The first-order valence-electron chi connectivity index (χ1n) is 13.2. The van der Waals surface area contributed by atoms with E-state index in [1.165, 1.54) is 6.07 Å². The van der Waals surface area contributed by atoms with Crippen molar-refractivity contribution < 1.29 is 20.5 Å². The number of imidazole rings is 1. The summed E-state index contributed by atoms with van der Waals surface area (Å²) in [4.78, 5) is 21.3. The number of hydrogen-bond acceptors (Lipinski definition) is 7. The minimum Gasteiger partial charge on any atom is -0.378 e. The molecule has 0 spiro atoms. The molecule has 1 aliphatic rings. The van der Waals surface area contributed by atoms with E-state index in [4.69, 9.17) is 11.0 Å². The molecule has 1 aliphatic heterocycles. The third-order valence-electron chi connectivity index (χ3n) is 4.59. The fraction of sp³-hybridized carbons (Fsp3) is 0.227. The number of nitrogens with one attached hydrogen (secondary N) is 1. The number of carbonyl (C=O) groups is 1. The molecule has 3 aromatic heterocycles. The smallest absolute Gasteiger partial charge is 0.257 e. The van der Waals surface area contributed by atoms with E-state index >= 15 is 0 Å². The van der Waals surface area contributed by atoms with Gasteiger partial charge in [-0.25, -0.2) is 9.97 Å². The van der Waals surface area contributed by atoms with Crippen molar-refractivity contribution in [3.8, 4) is 11.3 Å². The van der Waals surface area contributed by atoms with Crippen LogP contribution in [0.25, 0.3) is 22.2 Å². The molecule has 1 aromatic carbocycles. The van der Waals surface area contributed by atoms with Crippen LogP contribution >= 0.6 is 0 Å². The van der Waals surface area contributed by atoms with Gasteiger partial charge in [-0.1, -0.05) is 6.07 Å². The molecule has 0 unspecified atom stereocenters. The van der Waals surface area contributed by atoms with Crippen molar-refractivity contribution in [1.29, 1.82) is 0 Å². The summed E-state index contributed by atoms with van der Waals surface area (Å²) in [6.07, 6.45) is 4.49. The van der Waals surface area contributed by atoms with Crippen LogP contribution in [0.1, 0.15) is 21.3 Å². The number of aromatic nitrogens is 5. The Bertz CT molecular complexity index is 1570. The molecule has 0 atom stereocenters. The Morgan fingerprint density at radius 3 is 2.84 bits per heavy atom. The number of anilines is 2. The monoisotopic (exact) mass is 423 g/mol. The normalized spacial score (nSPS) is 24.4. The number of benzene rings is 1. The van der Waals surface area contributed by atoms with Gasteiger partial charge in [-0.2, -0.15) is 0 Å². The van der Waals surface area contributed by atoms with Crippen molar-refractivity contribution in [2.45, 2.75) is 0 Å². The zero-order valence-electron chi connectivity index (χ0n) is 24.2. The van der Waals surface area contributed by atoms with Crippen molar-refractivity contribution in [3.05, 3.63) is 60.7 Å². The van der Waals surface area contributed by atoms with Crippen molar-refractivity contribution in [1.82, 2.24) is 24.7 Å². The Labute approximate surface area is 190 Å². The van der Waals surface area contributed by atoms with E-state index in [-0.39, 0.29) is 16.3 Å². The number of ether oxygens (including phenoxy) is 1. The van der Waals surface area contributed by atoms with Gasteiger partial charge in [0.2, 0.25) is 0 Å². The summed E-state index contributed by atoms with van der Waals surface area (Å²) >= 11 is 0. The number of pyridine rings is 1. The average molecular weight is 424 g/mol. The maximum atomic E-state index is 13.1. The molecule has 0 bridgehead atoms. The van der Waals surface area contributed by atoms with E-state index in [1.807, 2.05) is 23.7 Å². The third-order valence-corrected chi connectivity index (χ3v) is 4.59. The van der Waals surface area contributed by atoms with Crippen LogP contribution in [0, 0.1) is 0 Å². The quantitative estimate of drug-likeness (QED) is 0.538. The van der Waals surface area contributed by atoms with Gasteiger partial charge in [0.05, 0.1) is 47.8 Å².